The molecular weight excluding hydrogens is 293 g/mol. The molecule has 0 aliphatic heterocycles. The Morgan fingerprint density at radius 2 is 2.06 bits per heavy atom. The summed E-state index contributed by atoms with van der Waals surface area (Å²) in [4.78, 5) is 22.1. The van der Waals surface area contributed by atoms with Crippen molar-refractivity contribution >= 4 is 33.5 Å². The fraction of sp³-hybridized carbons (Fsp3) is 0.273. The lowest BCUT2D eigenvalue weighted by Crippen LogP contribution is -2.27. The Kier molecular flexibility index (Phi) is 4.22. The normalized spacial score (nSPS) is 12.0. The summed E-state index contributed by atoms with van der Waals surface area (Å²) in [6.45, 7) is 2.90. The molecule has 92 valence electrons. The number of carbonyl (C=O) groups excluding carboxylic acids is 1. The van der Waals surface area contributed by atoms with Crippen molar-refractivity contribution in [3.05, 3.63) is 28.0 Å². The average molecular weight is 304 g/mol. The summed E-state index contributed by atoms with van der Waals surface area (Å²) in [5.74, 6) is -3.44. The molecule has 2 N–H and O–H groups in total. The van der Waals surface area contributed by atoms with Crippen LogP contribution >= 0.6 is 15.9 Å². The second-order valence-electron chi connectivity index (χ2n) is 3.63. The third-order valence-electron chi connectivity index (χ3n) is 2.29. The van der Waals surface area contributed by atoms with Crippen LogP contribution in [0.5, 0.6) is 0 Å². The van der Waals surface area contributed by atoms with Crippen LogP contribution in [0.1, 0.15) is 12.5 Å². The number of carboxylic acids is 1. The number of carbonyl (C=O) groups is 2. The number of halogens is 2. The quantitative estimate of drug-likeness (QED) is 0.843. The lowest BCUT2D eigenvalue weighted by molar-refractivity contribution is -0.144. The fourth-order valence-electron chi connectivity index (χ4n) is 1.13. The first kappa shape index (κ1) is 13.6. The number of benzene rings is 1. The predicted molar refractivity (Wildman–Crippen MR) is 64.3 cm³/mol. The largest absolute Gasteiger partial charge is 0.481 e. The van der Waals surface area contributed by atoms with E-state index in [4.69, 9.17) is 5.11 Å². The van der Waals surface area contributed by atoms with Gasteiger partial charge in [-0.15, -0.1) is 0 Å². The Balaban J connectivity index is 2.93. The average Bonchev–Trinajstić information content (AvgIpc) is 2.24. The van der Waals surface area contributed by atoms with Crippen molar-refractivity contribution in [1.82, 2.24) is 0 Å². The van der Waals surface area contributed by atoms with Gasteiger partial charge >= 0.3 is 5.97 Å². The third-order valence-corrected chi connectivity index (χ3v) is 2.90. The maximum atomic E-state index is 13.1. The first-order chi connectivity index (χ1) is 7.82. The Labute approximate surface area is 106 Å². The minimum Gasteiger partial charge on any atom is -0.481 e. The summed E-state index contributed by atoms with van der Waals surface area (Å²) >= 11 is 2.99. The molecule has 1 atom stereocenters. The molecule has 0 spiro atoms. The minimum atomic E-state index is -1.21. The molecular formula is C11H11BrFNO3. The van der Waals surface area contributed by atoms with Crippen LogP contribution in [-0.2, 0) is 9.59 Å². The lowest BCUT2D eigenvalue weighted by atomic mass is 10.1. The number of anilines is 1. The van der Waals surface area contributed by atoms with Gasteiger partial charge in [0.2, 0.25) is 5.91 Å². The van der Waals surface area contributed by atoms with Gasteiger partial charge in [-0.3, -0.25) is 9.59 Å². The molecule has 0 heterocycles. The molecule has 4 nitrogen and oxygen atoms in total. The van der Waals surface area contributed by atoms with Crippen molar-refractivity contribution in [2.75, 3.05) is 5.32 Å². The van der Waals surface area contributed by atoms with E-state index >= 15 is 0 Å². The van der Waals surface area contributed by atoms with Gasteiger partial charge in [-0.2, -0.15) is 0 Å². The molecule has 1 amide bonds. The molecule has 0 saturated carbocycles. The van der Waals surface area contributed by atoms with Crippen molar-refractivity contribution in [3.8, 4) is 0 Å². The summed E-state index contributed by atoms with van der Waals surface area (Å²) in [6.07, 6.45) is 0. The number of rotatable bonds is 3. The molecule has 0 aliphatic rings. The maximum Gasteiger partial charge on any atom is 0.315 e. The van der Waals surface area contributed by atoms with E-state index < -0.39 is 23.6 Å². The fourth-order valence-corrected chi connectivity index (χ4v) is 1.48. The Bertz CT molecular complexity index is 476. The van der Waals surface area contributed by atoms with E-state index in [9.17, 15) is 14.0 Å². The van der Waals surface area contributed by atoms with E-state index in [0.29, 0.717) is 11.3 Å². The lowest BCUT2D eigenvalue weighted by Gasteiger charge is -2.11. The summed E-state index contributed by atoms with van der Waals surface area (Å²) in [6, 6.07) is 2.66. The molecule has 1 unspecified atom stereocenters. The van der Waals surface area contributed by atoms with Gasteiger partial charge in [0.05, 0.1) is 4.47 Å². The molecule has 6 heteroatoms. The standard InChI is InChI=1S/C11H11BrFNO3/c1-5-3-8(13)7(12)4-9(5)14-10(15)6(2)11(16)17/h3-4,6H,1-2H3,(H,14,15)(H,16,17). The molecule has 1 rings (SSSR count). The molecule has 0 fully saturated rings. The Morgan fingerprint density at radius 1 is 1.47 bits per heavy atom. The second-order valence-corrected chi connectivity index (χ2v) is 4.48. The Morgan fingerprint density at radius 3 is 2.59 bits per heavy atom. The van der Waals surface area contributed by atoms with Gasteiger partial charge in [-0.05, 0) is 47.5 Å². The molecule has 0 aliphatic carbocycles. The van der Waals surface area contributed by atoms with Crippen LogP contribution in [0, 0.1) is 18.7 Å². The maximum absolute atomic E-state index is 13.1. The van der Waals surface area contributed by atoms with Crippen molar-refractivity contribution in [2.24, 2.45) is 5.92 Å². The third kappa shape index (κ3) is 3.26. The molecule has 1 aromatic carbocycles. The van der Waals surface area contributed by atoms with Crippen LogP contribution in [-0.4, -0.2) is 17.0 Å². The van der Waals surface area contributed by atoms with Crippen molar-refractivity contribution in [3.63, 3.8) is 0 Å². The van der Waals surface area contributed by atoms with Crippen LogP contribution in [0.15, 0.2) is 16.6 Å². The van der Waals surface area contributed by atoms with E-state index in [0.717, 1.165) is 0 Å². The molecule has 1 aromatic rings. The number of nitrogens with one attached hydrogen (secondary N) is 1. The van der Waals surface area contributed by atoms with Crippen molar-refractivity contribution in [1.29, 1.82) is 0 Å². The van der Waals surface area contributed by atoms with Crippen LogP contribution in [0.4, 0.5) is 10.1 Å². The number of hydrogen-bond donors (Lipinski definition) is 2. The summed E-state index contributed by atoms with van der Waals surface area (Å²) < 4.78 is 13.3. The molecule has 0 saturated heterocycles. The van der Waals surface area contributed by atoms with Gasteiger partial charge in [0.1, 0.15) is 11.7 Å². The summed E-state index contributed by atoms with van der Waals surface area (Å²) in [5.41, 5.74) is 0.910. The first-order valence-electron chi connectivity index (χ1n) is 4.82. The highest BCUT2D eigenvalue weighted by Crippen LogP contribution is 2.24. The number of amides is 1. The smallest absolute Gasteiger partial charge is 0.315 e. The summed E-state index contributed by atoms with van der Waals surface area (Å²) in [7, 11) is 0. The van der Waals surface area contributed by atoms with E-state index in [1.54, 1.807) is 6.92 Å². The number of aliphatic carboxylic acids is 1. The number of carboxylic acid groups (broad SMARTS) is 1. The molecule has 0 aromatic heterocycles. The summed E-state index contributed by atoms with van der Waals surface area (Å²) in [5, 5.41) is 11.1. The van der Waals surface area contributed by atoms with Gasteiger partial charge in [0, 0.05) is 5.69 Å². The molecule has 17 heavy (non-hydrogen) atoms. The Hall–Kier alpha value is -1.43. The van der Waals surface area contributed by atoms with Gasteiger partial charge in [0.15, 0.2) is 0 Å². The van der Waals surface area contributed by atoms with Crippen LogP contribution in [0.3, 0.4) is 0 Å². The van der Waals surface area contributed by atoms with Gasteiger partial charge in [0.25, 0.3) is 0 Å². The van der Waals surface area contributed by atoms with Gasteiger partial charge in [-0.1, -0.05) is 0 Å². The highest BCUT2D eigenvalue weighted by Gasteiger charge is 2.21. The van der Waals surface area contributed by atoms with Gasteiger partial charge in [-0.25, -0.2) is 4.39 Å². The van der Waals surface area contributed by atoms with E-state index in [1.165, 1.54) is 19.1 Å². The van der Waals surface area contributed by atoms with Crippen LogP contribution < -0.4 is 5.32 Å². The predicted octanol–water partition coefficient (Wildman–Crippen LogP) is 2.56. The SMILES string of the molecule is Cc1cc(F)c(Br)cc1NC(=O)C(C)C(=O)O. The topological polar surface area (TPSA) is 66.4 Å². The highest BCUT2D eigenvalue weighted by atomic mass is 79.9. The zero-order valence-electron chi connectivity index (χ0n) is 9.25. The molecule has 0 radical (unpaired) electrons. The zero-order valence-corrected chi connectivity index (χ0v) is 10.8. The van der Waals surface area contributed by atoms with Crippen LogP contribution in [0.25, 0.3) is 0 Å². The monoisotopic (exact) mass is 303 g/mol. The number of aryl methyl sites for hydroxylation is 1. The van der Waals surface area contributed by atoms with Crippen molar-refractivity contribution < 1.29 is 19.1 Å². The number of hydrogen-bond acceptors (Lipinski definition) is 2. The molecule has 0 bridgehead atoms. The second kappa shape index (κ2) is 5.27. The zero-order chi connectivity index (χ0) is 13.2. The highest BCUT2D eigenvalue weighted by molar-refractivity contribution is 9.10. The van der Waals surface area contributed by atoms with E-state index in [-0.39, 0.29) is 4.47 Å². The van der Waals surface area contributed by atoms with E-state index in [2.05, 4.69) is 21.2 Å². The van der Waals surface area contributed by atoms with Crippen molar-refractivity contribution in [2.45, 2.75) is 13.8 Å². The first-order valence-corrected chi connectivity index (χ1v) is 5.61. The van der Waals surface area contributed by atoms with Crippen LogP contribution in [0.2, 0.25) is 0 Å². The minimum absolute atomic E-state index is 0.210. The van der Waals surface area contributed by atoms with E-state index in [1.807, 2.05) is 0 Å². The van der Waals surface area contributed by atoms with Gasteiger partial charge < -0.3 is 10.4 Å².